The summed E-state index contributed by atoms with van der Waals surface area (Å²) in [6.07, 6.45) is 0.206. The van der Waals surface area contributed by atoms with Crippen LogP contribution in [0.3, 0.4) is 0 Å². The summed E-state index contributed by atoms with van der Waals surface area (Å²) in [4.78, 5) is 25.8. The third kappa shape index (κ3) is 3.78. The van der Waals surface area contributed by atoms with Gasteiger partial charge in [-0.3, -0.25) is 18.8 Å². The maximum atomic E-state index is 13.0. The van der Waals surface area contributed by atoms with Gasteiger partial charge in [0.2, 0.25) is 5.88 Å². The lowest BCUT2D eigenvalue weighted by molar-refractivity contribution is 0.274. The van der Waals surface area contributed by atoms with Crippen LogP contribution in [0.15, 0.2) is 50.1 Å². The van der Waals surface area contributed by atoms with Crippen LogP contribution in [0.5, 0.6) is 5.88 Å². The number of hydrogen-bond donors (Lipinski definition) is 2. The zero-order chi connectivity index (χ0) is 22.7. The number of aromatic nitrogens is 3. The van der Waals surface area contributed by atoms with E-state index >= 15 is 0 Å². The smallest absolute Gasteiger partial charge is 0.299 e. The first-order valence-electron chi connectivity index (χ1n) is 9.56. The van der Waals surface area contributed by atoms with Crippen molar-refractivity contribution in [3.8, 4) is 17.6 Å². The molecule has 2 aromatic heterocycles. The Balaban J connectivity index is 2.17. The third-order valence-corrected chi connectivity index (χ3v) is 5.08. The second kappa shape index (κ2) is 8.81. The first-order valence-corrected chi connectivity index (χ1v) is 9.56. The highest BCUT2D eigenvalue weighted by Gasteiger charge is 2.20. The van der Waals surface area contributed by atoms with Crippen molar-refractivity contribution >= 4 is 11.4 Å². The van der Waals surface area contributed by atoms with Crippen LogP contribution in [0.2, 0.25) is 0 Å². The number of aromatic hydroxyl groups is 1. The monoisotopic (exact) mass is 422 g/mol. The standard InChI is InChI=1S/C21H22N6O4/c1-13-16(12-22)19(29)26(10-7-11-28)20(30)17(13)23-24-18-14(2)25(3)27(21(18)31)15-8-5-4-6-9-15/h4-6,8-9,28-29H,7,10-11H2,1-3H3. The van der Waals surface area contributed by atoms with E-state index in [9.17, 15) is 20.0 Å². The molecule has 0 aliphatic rings. The summed E-state index contributed by atoms with van der Waals surface area (Å²) in [6.45, 7) is 2.99. The normalized spacial score (nSPS) is 11.2. The lowest BCUT2D eigenvalue weighted by Crippen LogP contribution is -2.22. The SMILES string of the molecule is Cc1c(C#N)c(O)n(CCCO)c(=O)c1N=Nc1c(C)n(C)n(-c2ccccc2)c1=O. The van der Waals surface area contributed by atoms with Crippen molar-refractivity contribution in [2.45, 2.75) is 26.8 Å². The first kappa shape index (κ1) is 21.7. The number of para-hydroxylation sites is 1. The molecular formula is C21H22N6O4. The summed E-state index contributed by atoms with van der Waals surface area (Å²) < 4.78 is 4.04. The fraction of sp³-hybridized carbons (Fsp3) is 0.286. The number of azo groups is 1. The zero-order valence-electron chi connectivity index (χ0n) is 17.4. The number of pyridine rings is 1. The molecule has 0 radical (unpaired) electrons. The van der Waals surface area contributed by atoms with E-state index in [2.05, 4.69) is 10.2 Å². The molecular weight excluding hydrogens is 400 g/mol. The van der Waals surface area contributed by atoms with Crippen LogP contribution in [0.4, 0.5) is 11.4 Å². The Hall–Kier alpha value is -3.97. The van der Waals surface area contributed by atoms with Crippen molar-refractivity contribution in [3.63, 3.8) is 0 Å². The van der Waals surface area contributed by atoms with Crippen LogP contribution in [0.25, 0.3) is 5.69 Å². The van der Waals surface area contributed by atoms with Gasteiger partial charge in [-0.25, -0.2) is 4.68 Å². The molecule has 2 N–H and O–H groups in total. The Bertz CT molecular complexity index is 1310. The second-order valence-electron chi connectivity index (χ2n) is 6.93. The quantitative estimate of drug-likeness (QED) is 0.587. The lowest BCUT2D eigenvalue weighted by atomic mass is 10.1. The van der Waals surface area contributed by atoms with Crippen molar-refractivity contribution in [2.24, 2.45) is 17.3 Å². The average molecular weight is 422 g/mol. The van der Waals surface area contributed by atoms with Gasteiger partial charge in [0.05, 0.1) is 11.4 Å². The zero-order valence-corrected chi connectivity index (χ0v) is 17.4. The Morgan fingerprint density at radius 1 is 1.06 bits per heavy atom. The Labute approximate surface area is 177 Å². The van der Waals surface area contributed by atoms with Crippen LogP contribution in [-0.4, -0.2) is 30.8 Å². The lowest BCUT2D eigenvalue weighted by Gasteiger charge is -2.12. The molecule has 3 aromatic rings. The molecule has 3 rings (SSSR count). The highest BCUT2D eigenvalue weighted by atomic mass is 16.3. The highest BCUT2D eigenvalue weighted by molar-refractivity contribution is 5.57. The maximum absolute atomic E-state index is 13.0. The van der Waals surface area contributed by atoms with Gasteiger partial charge in [-0.15, -0.1) is 10.2 Å². The highest BCUT2D eigenvalue weighted by Crippen LogP contribution is 2.27. The molecule has 0 saturated carbocycles. The van der Waals surface area contributed by atoms with Gasteiger partial charge in [0.25, 0.3) is 11.1 Å². The molecule has 0 atom stereocenters. The van der Waals surface area contributed by atoms with E-state index in [1.165, 1.54) is 11.6 Å². The number of benzene rings is 1. The second-order valence-corrected chi connectivity index (χ2v) is 6.93. The Morgan fingerprint density at radius 3 is 2.32 bits per heavy atom. The molecule has 0 aliphatic carbocycles. The minimum absolute atomic E-state index is 0.00379. The molecule has 31 heavy (non-hydrogen) atoms. The largest absolute Gasteiger partial charge is 0.493 e. The molecule has 0 bridgehead atoms. The summed E-state index contributed by atoms with van der Waals surface area (Å²) in [5.74, 6) is -0.486. The van der Waals surface area contributed by atoms with E-state index in [1.807, 2.05) is 24.3 Å². The third-order valence-electron chi connectivity index (χ3n) is 5.08. The number of aliphatic hydroxyl groups is 1. The van der Waals surface area contributed by atoms with E-state index in [-0.39, 0.29) is 42.1 Å². The summed E-state index contributed by atoms with van der Waals surface area (Å²) in [7, 11) is 1.71. The molecule has 2 heterocycles. The van der Waals surface area contributed by atoms with Crippen LogP contribution in [-0.2, 0) is 13.6 Å². The van der Waals surface area contributed by atoms with Gasteiger partial charge in [0.1, 0.15) is 11.6 Å². The van der Waals surface area contributed by atoms with E-state index in [4.69, 9.17) is 5.11 Å². The summed E-state index contributed by atoms with van der Waals surface area (Å²) >= 11 is 0. The average Bonchev–Trinajstić information content (AvgIpc) is 2.97. The van der Waals surface area contributed by atoms with Crippen LogP contribution >= 0.6 is 0 Å². The molecule has 0 unspecified atom stereocenters. The molecule has 10 heteroatoms. The predicted molar refractivity (Wildman–Crippen MR) is 113 cm³/mol. The number of hydrogen-bond acceptors (Lipinski definition) is 7. The van der Waals surface area contributed by atoms with Crippen molar-refractivity contribution in [2.75, 3.05) is 6.61 Å². The molecule has 0 spiro atoms. The van der Waals surface area contributed by atoms with E-state index in [1.54, 1.807) is 30.8 Å². The predicted octanol–water partition coefficient (Wildman–Crippen LogP) is 2.33. The van der Waals surface area contributed by atoms with E-state index in [0.29, 0.717) is 11.4 Å². The fourth-order valence-corrected chi connectivity index (χ4v) is 3.26. The van der Waals surface area contributed by atoms with E-state index < -0.39 is 17.0 Å². The van der Waals surface area contributed by atoms with Crippen molar-refractivity contribution in [1.29, 1.82) is 5.26 Å². The molecule has 1 aromatic carbocycles. The van der Waals surface area contributed by atoms with Crippen LogP contribution in [0, 0.1) is 25.2 Å². The molecule has 10 nitrogen and oxygen atoms in total. The number of aliphatic hydroxyl groups excluding tert-OH is 1. The van der Waals surface area contributed by atoms with Gasteiger partial charge in [-0.05, 0) is 32.4 Å². The van der Waals surface area contributed by atoms with Gasteiger partial charge in [-0.2, -0.15) is 5.26 Å². The molecule has 0 fully saturated rings. The van der Waals surface area contributed by atoms with Gasteiger partial charge in [0, 0.05) is 25.8 Å². The Kier molecular flexibility index (Phi) is 6.17. The first-order chi connectivity index (χ1) is 14.8. The van der Waals surface area contributed by atoms with Gasteiger partial charge < -0.3 is 10.2 Å². The molecule has 0 aliphatic heterocycles. The molecule has 160 valence electrons. The summed E-state index contributed by atoms with van der Waals surface area (Å²) in [6, 6.07) is 10.9. The van der Waals surface area contributed by atoms with Gasteiger partial charge >= 0.3 is 0 Å². The van der Waals surface area contributed by atoms with E-state index in [0.717, 1.165) is 4.57 Å². The Morgan fingerprint density at radius 2 is 1.71 bits per heavy atom. The van der Waals surface area contributed by atoms with Crippen molar-refractivity contribution in [3.05, 3.63) is 67.9 Å². The van der Waals surface area contributed by atoms with Crippen molar-refractivity contribution in [1.82, 2.24) is 13.9 Å². The fourth-order valence-electron chi connectivity index (χ4n) is 3.26. The molecule has 0 amide bonds. The van der Waals surface area contributed by atoms with Crippen LogP contribution < -0.4 is 11.1 Å². The van der Waals surface area contributed by atoms with Gasteiger partial charge in [-0.1, -0.05) is 18.2 Å². The summed E-state index contributed by atoms with van der Waals surface area (Å²) in [5, 5.41) is 36.8. The van der Waals surface area contributed by atoms with Crippen LogP contribution in [0.1, 0.15) is 23.2 Å². The van der Waals surface area contributed by atoms with Gasteiger partial charge in [0.15, 0.2) is 11.4 Å². The number of nitriles is 1. The molecule has 0 saturated heterocycles. The topological polar surface area (TPSA) is 138 Å². The number of rotatable bonds is 6. The van der Waals surface area contributed by atoms with Crippen molar-refractivity contribution < 1.29 is 10.2 Å². The minimum atomic E-state index is -0.664. The maximum Gasteiger partial charge on any atom is 0.299 e. The number of nitrogens with zero attached hydrogens (tertiary/aromatic N) is 6. The summed E-state index contributed by atoms with van der Waals surface area (Å²) in [5.41, 5.74) is 0.0630. The minimum Gasteiger partial charge on any atom is -0.493 e.